The van der Waals surface area contributed by atoms with E-state index in [0.29, 0.717) is 11.6 Å². The van der Waals surface area contributed by atoms with Gasteiger partial charge in [-0.15, -0.1) is 0 Å². The van der Waals surface area contributed by atoms with E-state index in [1.165, 1.54) is 0 Å². The van der Waals surface area contributed by atoms with Crippen molar-refractivity contribution in [2.24, 2.45) is 0 Å². The average Bonchev–Trinajstić information content (AvgIpc) is 2.41. The predicted octanol–water partition coefficient (Wildman–Crippen LogP) is 0.779. The summed E-state index contributed by atoms with van der Waals surface area (Å²) in [5, 5.41) is 3.25. The summed E-state index contributed by atoms with van der Waals surface area (Å²) in [6.07, 6.45) is 1.10. The highest BCUT2D eigenvalue weighted by atomic mass is 35.5. The van der Waals surface area contributed by atoms with Gasteiger partial charge in [-0.2, -0.15) is 4.31 Å². The normalized spacial score (nSPS) is 11.9. The van der Waals surface area contributed by atoms with Gasteiger partial charge in [0, 0.05) is 24.7 Å². The molecule has 0 atom stereocenters. The Labute approximate surface area is 137 Å². The van der Waals surface area contributed by atoms with Crippen LogP contribution in [0.15, 0.2) is 24.3 Å². The van der Waals surface area contributed by atoms with E-state index in [-0.39, 0.29) is 25.5 Å². The van der Waals surface area contributed by atoms with Crippen molar-refractivity contribution in [2.45, 2.75) is 6.54 Å². The molecule has 1 N–H and O–H groups in total. The van der Waals surface area contributed by atoms with E-state index < -0.39 is 10.0 Å². The lowest BCUT2D eigenvalue weighted by atomic mass is 10.2. The zero-order chi connectivity index (χ0) is 16.8. The molecule has 0 saturated carbocycles. The minimum atomic E-state index is -3.43. The number of rotatable bonds is 8. The summed E-state index contributed by atoms with van der Waals surface area (Å²) in [6, 6.07) is 7.18. The van der Waals surface area contributed by atoms with Gasteiger partial charge >= 0.3 is 0 Å². The summed E-state index contributed by atoms with van der Waals surface area (Å²) in [7, 11) is 0.263. The van der Waals surface area contributed by atoms with Crippen molar-refractivity contribution in [1.29, 1.82) is 0 Å². The van der Waals surface area contributed by atoms with E-state index in [9.17, 15) is 13.2 Å². The Morgan fingerprint density at radius 2 is 1.86 bits per heavy atom. The number of carbonyl (C=O) groups is 1. The molecule has 0 aliphatic rings. The maximum absolute atomic E-state index is 12.0. The Morgan fingerprint density at radius 3 is 2.41 bits per heavy atom. The van der Waals surface area contributed by atoms with E-state index in [1.54, 1.807) is 12.1 Å². The van der Waals surface area contributed by atoms with Crippen LogP contribution in [0.5, 0.6) is 0 Å². The molecule has 1 aromatic carbocycles. The lowest BCUT2D eigenvalue weighted by Crippen LogP contribution is -2.42. The summed E-state index contributed by atoms with van der Waals surface area (Å²) in [5.41, 5.74) is 0.789. The number of hydrogen-bond donors (Lipinski definition) is 1. The molecule has 22 heavy (non-hydrogen) atoms. The van der Waals surface area contributed by atoms with Gasteiger partial charge in [0.1, 0.15) is 0 Å². The van der Waals surface area contributed by atoms with Crippen LogP contribution in [0.1, 0.15) is 5.56 Å². The average molecular weight is 348 g/mol. The number of nitrogens with zero attached hydrogens (tertiary/aromatic N) is 2. The predicted molar refractivity (Wildman–Crippen MR) is 88.3 cm³/mol. The summed E-state index contributed by atoms with van der Waals surface area (Å²) >= 11 is 6.01. The highest BCUT2D eigenvalue weighted by molar-refractivity contribution is 7.88. The van der Waals surface area contributed by atoms with Crippen LogP contribution in [-0.4, -0.2) is 63.5 Å². The van der Waals surface area contributed by atoms with Gasteiger partial charge in [-0.1, -0.05) is 29.8 Å². The van der Waals surface area contributed by atoms with Gasteiger partial charge in [0.15, 0.2) is 0 Å². The molecule has 0 aliphatic heterocycles. The molecule has 0 fully saturated rings. The van der Waals surface area contributed by atoms with Crippen LogP contribution in [0.3, 0.4) is 0 Å². The fraction of sp³-hybridized carbons (Fsp3) is 0.500. The summed E-state index contributed by atoms with van der Waals surface area (Å²) < 4.78 is 24.6. The third-order valence-electron chi connectivity index (χ3n) is 3.02. The van der Waals surface area contributed by atoms with Crippen molar-refractivity contribution in [1.82, 2.24) is 14.5 Å². The first kappa shape index (κ1) is 18.9. The van der Waals surface area contributed by atoms with Crippen molar-refractivity contribution >= 4 is 27.5 Å². The summed E-state index contributed by atoms with van der Waals surface area (Å²) in [4.78, 5) is 13.8. The van der Waals surface area contributed by atoms with E-state index in [1.807, 2.05) is 31.1 Å². The van der Waals surface area contributed by atoms with Crippen LogP contribution in [-0.2, 0) is 21.4 Å². The first-order valence-corrected chi connectivity index (χ1v) is 9.02. The van der Waals surface area contributed by atoms with Crippen LogP contribution in [0, 0.1) is 0 Å². The number of carbonyl (C=O) groups excluding carboxylic acids is 1. The number of likely N-dealkylation sites (N-methyl/N-ethyl adjacent to an activating group) is 1. The molecule has 1 aromatic rings. The standard InChI is InChI=1S/C14H22ClN3O3S/c1-17(2)8-9-18(22(3,20)21)11-14(19)16-10-12-6-4-5-7-13(12)15/h4-7H,8-11H2,1-3H3,(H,16,19). The molecule has 0 saturated heterocycles. The van der Waals surface area contributed by atoms with Crippen LogP contribution >= 0.6 is 11.6 Å². The zero-order valence-electron chi connectivity index (χ0n) is 13.0. The second-order valence-corrected chi connectivity index (χ2v) is 7.66. The molecule has 8 heteroatoms. The van der Waals surface area contributed by atoms with Gasteiger partial charge in [0.2, 0.25) is 15.9 Å². The minimum absolute atomic E-state index is 0.197. The molecule has 0 radical (unpaired) electrons. The Balaban J connectivity index is 2.58. The molecule has 124 valence electrons. The van der Waals surface area contributed by atoms with Crippen molar-refractivity contribution < 1.29 is 13.2 Å². The SMILES string of the molecule is CN(C)CCN(CC(=O)NCc1ccccc1Cl)S(C)(=O)=O. The number of benzene rings is 1. The molecule has 0 heterocycles. The number of hydrogen-bond acceptors (Lipinski definition) is 4. The van der Waals surface area contributed by atoms with Crippen LogP contribution < -0.4 is 5.32 Å². The number of halogens is 1. The van der Waals surface area contributed by atoms with Crippen molar-refractivity contribution in [3.63, 3.8) is 0 Å². The molecule has 0 unspecified atom stereocenters. The molecule has 0 spiro atoms. The second-order valence-electron chi connectivity index (χ2n) is 5.27. The maximum Gasteiger partial charge on any atom is 0.235 e. The molecule has 0 bridgehead atoms. The first-order chi connectivity index (χ1) is 10.2. The van der Waals surface area contributed by atoms with Gasteiger partial charge in [-0.25, -0.2) is 8.42 Å². The fourth-order valence-corrected chi connectivity index (χ4v) is 2.69. The lowest BCUT2D eigenvalue weighted by molar-refractivity contribution is -0.121. The van der Waals surface area contributed by atoms with E-state index >= 15 is 0 Å². The van der Waals surface area contributed by atoms with Gasteiger partial charge in [-0.05, 0) is 25.7 Å². The quantitative estimate of drug-likeness (QED) is 0.754. The monoisotopic (exact) mass is 347 g/mol. The Bertz CT molecular complexity index is 605. The highest BCUT2D eigenvalue weighted by Gasteiger charge is 2.20. The zero-order valence-corrected chi connectivity index (χ0v) is 14.6. The smallest absolute Gasteiger partial charge is 0.235 e. The van der Waals surface area contributed by atoms with Gasteiger partial charge in [0.05, 0.1) is 12.8 Å². The molecular weight excluding hydrogens is 326 g/mol. The molecule has 0 aromatic heterocycles. The number of nitrogens with one attached hydrogen (secondary N) is 1. The number of amides is 1. The first-order valence-electron chi connectivity index (χ1n) is 6.80. The minimum Gasteiger partial charge on any atom is -0.351 e. The summed E-state index contributed by atoms with van der Waals surface area (Å²) in [5.74, 6) is -0.357. The van der Waals surface area contributed by atoms with Crippen molar-refractivity contribution in [2.75, 3.05) is 40.0 Å². The van der Waals surface area contributed by atoms with E-state index in [2.05, 4.69) is 5.32 Å². The van der Waals surface area contributed by atoms with Gasteiger partial charge in [-0.3, -0.25) is 4.79 Å². The third-order valence-corrected chi connectivity index (χ3v) is 4.64. The van der Waals surface area contributed by atoms with Crippen molar-refractivity contribution in [3.05, 3.63) is 34.9 Å². The second kappa shape index (κ2) is 8.47. The summed E-state index contributed by atoms with van der Waals surface area (Å²) in [6.45, 7) is 0.886. The Morgan fingerprint density at radius 1 is 1.23 bits per heavy atom. The molecule has 1 amide bonds. The van der Waals surface area contributed by atoms with Crippen LogP contribution in [0.4, 0.5) is 0 Å². The van der Waals surface area contributed by atoms with Crippen LogP contribution in [0.2, 0.25) is 5.02 Å². The van der Waals surface area contributed by atoms with E-state index in [0.717, 1.165) is 16.1 Å². The highest BCUT2D eigenvalue weighted by Crippen LogP contribution is 2.14. The molecule has 0 aliphatic carbocycles. The third kappa shape index (κ3) is 6.74. The lowest BCUT2D eigenvalue weighted by Gasteiger charge is -2.21. The molecular formula is C14H22ClN3O3S. The van der Waals surface area contributed by atoms with Gasteiger partial charge < -0.3 is 10.2 Å². The van der Waals surface area contributed by atoms with Crippen molar-refractivity contribution in [3.8, 4) is 0 Å². The molecule has 1 rings (SSSR count). The van der Waals surface area contributed by atoms with Crippen LogP contribution in [0.25, 0.3) is 0 Å². The largest absolute Gasteiger partial charge is 0.351 e. The Kier molecular flexibility index (Phi) is 7.28. The number of sulfonamides is 1. The molecule has 6 nitrogen and oxygen atoms in total. The fourth-order valence-electron chi connectivity index (χ4n) is 1.73. The van der Waals surface area contributed by atoms with Gasteiger partial charge in [0.25, 0.3) is 0 Å². The maximum atomic E-state index is 12.0. The topological polar surface area (TPSA) is 69.7 Å². The Hall–Kier alpha value is -1.15. The van der Waals surface area contributed by atoms with E-state index in [4.69, 9.17) is 11.6 Å².